The molecule has 1 aliphatic heterocycles. The van der Waals surface area contributed by atoms with Gasteiger partial charge >= 0.3 is 0 Å². The molecule has 0 bridgehead atoms. The molecule has 3 heterocycles. The molecule has 0 radical (unpaired) electrons. The maximum atomic E-state index is 12.6. The van der Waals surface area contributed by atoms with Crippen molar-refractivity contribution in [2.75, 3.05) is 5.73 Å². The molecule has 0 saturated carbocycles. The molecule has 0 atom stereocenters. The number of nitro benzene ring substituents is 1. The molecular formula is C20H14N6O6. The van der Waals surface area contributed by atoms with E-state index < -0.39 is 28.0 Å². The van der Waals surface area contributed by atoms with Crippen LogP contribution in [-0.2, 0) is 0 Å². The Bertz CT molecular complexity index is 1380. The van der Waals surface area contributed by atoms with Crippen molar-refractivity contribution in [1.29, 1.82) is 0 Å². The van der Waals surface area contributed by atoms with E-state index in [4.69, 9.17) is 10.6 Å². The summed E-state index contributed by atoms with van der Waals surface area (Å²) in [5.74, 6) is -1.90. The summed E-state index contributed by atoms with van der Waals surface area (Å²) < 4.78 is 0.883. The van der Waals surface area contributed by atoms with Gasteiger partial charge in [-0.1, -0.05) is 5.16 Å². The van der Waals surface area contributed by atoms with Crippen molar-refractivity contribution in [2.45, 2.75) is 6.92 Å². The summed E-state index contributed by atoms with van der Waals surface area (Å²) in [6.07, 6.45) is 3.16. The minimum absolute atomic E-state index is 0.0409. The fourth-order valence-electron chi connectivity index (χ4n) is 3.15. The number of non-ortho nitro benzene ring substituents is 1. The van der Waals surface area contributed by atoms with E-state index in [1.54, 1.807) is 31.5 Å². The van der Waals surface area contributed by atoms with Gasteiger partial charge in [0, 0.05) is 36.2 Å². The van der Waals surface area contributed by atoms with Gasteiger partial charge in [0.2, 0.25) is 0 Å². The maximum absolute atomic E-state index is 12.6. The second-order valence-corrected chi connectivity index (χ2v) is 6.73. The summed E-state index contributed by atoms with van der Waals surface area (Å²) in [5, 5.41) is 17.4. The number of rotatable bonds is 5. The zero-order valence-corrected chi connectivity index (χ0v) is 16.4. The third-order valence-corrected chi connectivity index (χ3v) is 4.67. The van der Waals surface area contributed by atoms with Gasteiger partial charge in [-0.15, -0.1) is 0 Å². The first-order valence-corrected chi connectivity index (χ1v) is 9.09. The van der Waals surface area contributed by atoms with Crippen LogP contribution >= 0.6 is 0 Å². The number of nitro groups is 1. The number of pyridine rings is 2. The third kappa shape index (κ3) is 3.56. The third-order valence-electron chi connectivity index (χ3n) is 4.67. The second-order valence-electron chi connectivity index (χ2n) is 6.73. The number of amides is 2. The Labute approximate surface area is 179 Å². The molecule has 160 valence electrons. The van der Waals surface area contributed by atoms with E-state index in [0.717, 1.165) is 22.8 Å². The van der Waals surface area contributed by atoms with Gasteiger partial charge in [-0.2, -0.15) is 0 Å². The van der Waals surface area contributed by atoms with Crippen molar-refractivity contribution in [3.05, 3.63) is 86.0 Å². The van der Waals surface area contributed by atoms with Crippen LogP contribution in [0.25, 0.3) is 5.69 Å². The minimum atomic E-state index is -0.769. The summed E-state index contributed by atoms with van der Waals surface area (Å²) in [7, 11) is 0. The summed E-state index contributed by atoms with van der Waals surface area (Å²) >= 11 is 0. The number of nitrogens with two attached hydrogens (primary N) is 1. The zero-order valence-electron chi connectivity index (χ0n) is 16.4. The number of benzene rings is 1. The standard InChI is InChI=1S/C20H14N6O6/c1-10(11-3-2-4-22-9-11)24-32-14-6-12(5-13(7-14)26(30)31)25-16(27)8-15-17(18(25)21)20(29)23-19(15)28/h2-9H,21H2,1H3,(H,23,28,29). The molecule has 12 heteroatoms. The van der Waals surface area contributed by atoms with Crippen molar-refractivity contribution in [3.63, 3.8) is 0 Å². The van der Waals surface area contributed by atoms with E-state index in [-0.39, 0.29) is 28.4 Å². The minimum Gasteiger partial charge on any atom is -0.384 e. The van der Waals surface area contributed by atoms with E-state index in [1.807, 2.05) is 0 Å². The first-order valence-electron chi connectivity index (χ1n) is 9.09. The average molecular weight is 434 g/mol. The van der Waals surface area contributed by atoms with Crippen LogP contribution in [0.2, 0.25) is 0 Å². The molecule has 2 amide bonds. The smallest absolute Gasteiger partial charge is 0.275 e. The van der Waals surface area contributed by atoms with E-state index in [9.17, 15) is 24.5 Å². The van der Waals surface area contributed by atoms with Crippen LogP contribution in [0, 0.1) is 10.1 Å². The SMILES string of the molecule is CC(=NOc1cc(-n2c(N)c3c(cc2=O)C(=O)NC3=O)cc([N+](=O)[O-])c1)c1cccnc1. The maximum Gasteiger partial charge on any atom is 0.275 e. The van der Waals surface area contributed by atoms with Crippen LogP contribution in [0.1, 0.15) is 33.2 Å². The molecule has 0 aliphatic carbocycles. The molecule has 0 unspecified atom stereocenters. The number of carbonyl (C=O) groups is 2. The van der Waals surface area contributed by atoms with Crippen molar-refractivity contribution in [2.24, 2.45) is 5.16 Å². The second kappa shape index (κ2) is 7.75. The summed E-state index contributed by atoms with van der Waals surface area (Å²) in [5.41, 5.74) is 5.58. The fraction of sp³-hybridized carbons (Fsp3) is 0.0500. The number of nitrogens with zero attached hydrogens (tertiary/aromatic N) is 4. The molecule has 3 N–H and O–H groups in total. The van der Waals surface area contributed by atoms with Gasteiger partial charge in [0.1, 0.15) is 5.82 Å². The predicted octanol–water partition coefficient (Wildman–Crippen LogP) is 1.41. The lowest BCUT2D eigenvalue weighted by molar-refractivity contribution is -0.384. The highest BCUT2D eigenvalue weighted by Gasteiger charge is 2.32. The van der Waals surface area contributed by atoms with Crippen LogP contribution in [0.15, 0.2) is 58.7 Å². The van der Waals surface area contributed by atoms with Crippen LogP contribution in [0.5, 0.6) is 5.75 Å². The summed E-state index contributed by atoms with van der Waals surface area (Å²) in [4.78, 5) is 56.6. The Morgan fingerprint density at radius 1 is 1.22 bits per heavy atom. The first-order chi connectivity index (χ1) is 15.3. The van der Waals surface area contributed by atoms with Gasteiger partial charge in [0.05, 0.1) is 33.5 Å². The highest BCUT2D eigenvalue weighted by Crippen LogP contribution is 2.28. The molecule has 1 aliphatic rings. The number of imide groups is 1. The summed E-state index contributed by atoms with van der Waals surface area (Å²) in [6, 6.07) is 7.91. The Hall–Kier alpha value is -4.87. The van der Waals surface area contributed by atoms with Crippen LogP contribution in [0.4, 0.5) is 11.5 Å². The number of oxime groups is 1. The number of carbonyl (C=O) groups excluding carboxylic acids is 2. The van der Waals surface area contributed by atoms with Gasteiger partial charge in [-0.3, -0.25) is 39.4 Å². The molecule has 0 saturated heterocycles. The van der Waals surface area contributed by atoms with Crippen LogP contribution in [0.3, 0.4) is 0 Å². The van der Waals surface area contributed by atoms with Gasteiger partial charge < -0.3 is 10.6 Å². The van der Waals surface area contributed by atoms with Crippen molar-refractivity contribution < 1.29 is 19.3 Å². The number of anilines is 1. The molecule has 4 rings (SSSR count). The van der Waals surface area contributed by atoms with Gasteiger partial charge in [-0.05, 0) is 19.1 Å². The first kappa shape index (κ1) is 20.4. The lowest BCUT2D eigenvalue weighted by Gasteiger charge is -2.12. The quantitative estimate of drug-likeness (QED) is 0.262. The normalized spacial score (nSPS) is 13.0. The molecule has 0 fully saturated rings. The topological polar surface area (TPSA) is 172 Å². The number of hydrogen-bond donors (Lipinski definition) is 2. The molecule has 12 nitrogen and oxygen atoms in total. The number of hydrogen-bond acceptors (Lipinski definition) is 9. The summed E-state index contributed by atoms with van der Waals surface area (Å²) in [6.45, 7) is 1.66. The lowest BCUT2D eigenvalue weighted by Crippen LogP contribution is -2.24. The highest BCUT2D eigenvalue weighted by molar-refractivity contribution is 6.23. The van der Waals surface area contributed by atoms with Gasteiger partial charge in [0.25, 0.3) is 23.1 Å². The number of aromatic nitrogens is 2. The van der Waals surface area contributed by atoms with Crippen molar-refractivity contribution in [3.8, 4) is 11.4 Å². The van der Waals surface area contributed by atoms with Crippen LogP contribution < -0.4 is 21.4 Å². The van der Waals surface area contributed by atoms with Crippen molar-refractivity contribution in [1.82, 2.24) is 14.9 Å². The highest BCUT2D eigenvalue weighted by atomic mass is 16.6. The predicted molar refractivity (Wildman–Crippen MR) is 112 cm³/mol. The van der Waals surface area contributed by atoms with Crippen LogP contribution in [-0.4, -0.2) is 32.0 Å². The Morgan fingerprint density at radius 3 is 2.69 bits per heavy atom. The zero-order chi connectivity index (χ0) is 23.0. The van der Waals surface area contributed by atoms with E-state index in [2.05, 4.69) is 15.5 Å². The fourth-order valence-corrected chi connectivity index (χ4v) is 3.15. The average Bonchev–Trinajstić information content (AvgIpc) is 3.05. The monoisotopic (exact) mass is 434 g/mol. The number of nitrogens with one attached hydrogen (secondary N) is 1. The molecule has 0 spiro atoms. The molecule has 32 heavy (non-hydrogen) atoms. The lowest BCUT2D eigenvalue weighted by atomic mass is 10.1. The number of nitrogen functional groups attached to an aromatic ring is 1. The molecule has 3 aromatic rings. The Kier molecular flexibility index (Phi) is 4.94. The van der Waals surface area contributed by atoms with Gasteiger partial charge in [0.15, 0.2) is 5.75 Å². The van der Waals surface area contributed by atoms with Crippen molar-refractivity contribution >= 4 is 29.0 Å². The Balaban J connectivity index is 1.81. The van der Waals surface area contributed by atoms with Gasteiger partial charge in [-0.25, -0.2) is 0 Å². The molecule has 1 aromatic carbocycles. The molecule has 2 aromatic heterocycles. The molecular weight excluding hydrogens is 420 g/mol. The Morgan fingerprint density at radius 2 is 2.00 bits per heavy atom. The van der Waals surface area contributed by atoms with E-state index in [1.165, 1.54) is 6.07 Å². The van der Waals surface area contributed by atoms with E-state index in [0.29, 0.717) is 11.3 Å². The largest absolute Gasteiger partial charge is 0.384 e. The number of fused-ring (bicyclic) bond motifs is 1. The van der Waals surface area contributed by atoms with E-state index >= 15 is 0 Å².